The van der Waals surface area contributed by atoms with Crippen molar-refractivity contribution in [1.29, 1.82) is 0 Å². The Morgan fingerprint density at radius 2 is 2.27 bits per heavy atom. The number of fused-ring (bicyclic) bond motifs is 1. The fourth-order valence-electron chi connectivity index (χ4n) is 1.95. The molecule has 2 heterocycles. The third kappa shape index (κ3) is 2.01. The number of hydrogen-bond acceptors (Lipinski definition) is 2. The predicted molar refractivity (Wildman–Crippen MR) is 68.0 cm³/mol. The van der Waals surface area contributed by atoms with Crippen molar-refractivity contribution in [2.75, 3.05) is 0 Å². The lowest BCUT2D eigenvalue weighted by molar-refractivity contribution is 0.636. The Bertz CT molecular complexity index is 450. The first-order valence-corrected chi connectivity index (χ1v) is 6.51. The average molecular weight is 240 g/mol. The summed E-state index contributed by atoms with van der Waals surface area (Å²) in [6.45, 7) is 4.21. The highest BCUT2D eigenvalue weighted by Gasteiger charge is 2.19. The summed E-state index contributed by atoms with van der Waals surface area (Å²) in [7, 11) is 0. The molecule has 0 bridgehead atoms. The van der Waals surface area contributed by atoms with E-state index in [1.54, 1.807) is 11.3 Å². The molecule has 0 saturated heterocycles. The van der Waals surface area contributed by atoms with E-state index in [2.05, 4.69) is 29.4 Å². The highest BCUT2D eigenvalue weighted by molar-refractivity contribution is 7.17. The first kappa shape index (κ1) is 10.9. The van der Waals surface area contributed by atoms with Crippen molar-refractivity contribution in [1.82, 2.24) is 4.98 Å². The fourth-order valence-corrected chi connectivity index (χ4v) is 3.03. The van der Waals surface area contributed by atoms with Crippen LogP contribution < -0.4 is 0 Å². The number of halogens is 1. The van der Waals surface area contributed by atoms with E-state index in [-0.39, 0.29) is 5.38 Å². The fraction of sp³-hybridized carbons (Fsp3) is 0.417. The molecule has 2 atom stereocenters. The third-order valence-corrected chi connectivity index (χ3v) is 3.94. The van der Waals surface area contributed by atoms with Gasteiger partial charge in [0, 0.05) is 27.6 Å². The van der Waals surface area contributed by atoms with Gasteiger partial charge in [-0.25, -0.2) is 0 Å². The summed E-state index contributed by atoms with van der Waals surface area (Å²) in [6, 6.07) is 4.21. The second-order valence-corrected chi connectivity index (χ2v) is 5.36. The van der Waals surface area contributed by atoms with Crippen molar-refractivity contribution in [3.63, 3.8) is 0 Å². The Morgan fingerprint density at radius 1 is 1.47 bits per heavy atom. The van der Waals surface area contributed by atoms with Crippen LogP contribution in [0.5, 0.6) is 0 Å². The molecule has 0 aliphatic heterocycles. The first-order chi connectivity index (χ1) is 7.24. The molecule has 3 heteroatoms. The van der Waals surface area contributed by atoms with Gasteiger partial charge in [0.2, 0.25) is 0 Å². The van der Waals surface area contributed by atoms with Gasteiger partial charge in [-0.15, -0.1) is 22.9 Å². The van der Waals surface area contributed by atoms with Gasteiger partial charge in [0.1, 0.15) is 0 Å². The maximum Gasteiger partial charge on any atom is 0.0535 e. The van der Waals surface area contributed by atoms with E-state index >= 15 is 0 Å². The highest BCUT2D eigenvalue weighted by atomic mass is 35.5. The summed E-state index contributed by atoms with van der Waals surface area (Å²) < 4.78 is 1.30. The van der Waals surface area contributed by atoms with Crippen molar-refractivity contribution >= 4 is 33.0 Å². The molecule has 0 saturated carbocycles. The second-order valence-electron chi connectivity index (χ2n) is 3.72. The third-order valence-electron chi connectivity index (χ3n) is 2.76. The zero-order valence-corrected chi connectivity index (χ0v) is 10.5. The van der Waals surface area contributed by atoms with Crippen LogP contribution in [0, 0.1) is 0 Å². The molecule has 0 spiro atoms. The maximum atomic E-state index is 6.21. The lowest BCUT2D eigenvalue weighted by Crippen LogP contribution is -2.10. The standard InChI is InChI=1S/C12H14ClNS/c1-3-9(8(2)13)12-10-5-7-15-11(10)4-6-14-12/h4-9H,3H2,1-2H3. The summed E-state index contributed by atoms with van der Waals surface area (Å²) in [5.74, 6) is 0.352. The van der Waals surface area contributed by atoms with Gasteiger partial charge in [-0.3, -0.25) is 4.98 Å². The average Bonchev–Trinajstić information content (AvgIpc) is 2.66. The second kappa shape index (κ2) is 4.50. The van der Waals surface area contributed by atoms with Gasteiger partial charge in [0.25, 0.3) is 0 Å². The number of aromatic nitrogens is 1. The molecule has 15 heavy (non-hydrogen) atoms. The van der Waals surface area contributed by atoms with Crippen LogP contribution in [0.4, 0.5) is 0 Å². The number of hydrogen-bond donors (Lipinski definition) is 0. The van der Waals surface area contributed by atoms with E-state index in [9.17, 15) is 0 Å². The SMILES string of the molecule is CCC(c1nccc2sccc12)C(C)Cl. The normalized spacial score (nSPS) is 15.4. The molecule has 0 aliphatic carbocycles. The minimum absolute atomic E-state index is 0.132. The van der Waals surface area contributed by atoms with Gasteiger partial charge in [0.05, 0.1) is 5.69 Å². The van der Waals surface area contributed by atoms with Gasteiger partial charge in [-0.05, 0) is 30.9 Å². The van der Waals surface area contributed by atoms with Crippen molar-refractivity contribution in [3.8, 4) is 0 Å². The van der Waals surface area contributed by atoms with Gasteiger partial charge < -0.3 is 0 Å². The minimum atomic E-state index is 0.132. The summed E-state index contributed by atoms with van der Waals surface area (Å²) in [5.41, 5.74) is 1.15. The van der Waals surface area contributed by atoms with E-state index in [0.717, 1.165) is 12.1 Å². The molecule has 0 aromatic carbocycles. The summed E-state index contributed by atoms with van der Waals surface area (Å²) >= 11 is 7.97. The van der Waals surface area contributed by atoms with Gasteiger partial charge >= 0.3 is 0 Å². The first-order valence-electron chi connectivity index (χ1n) is 5.20. The number of thiophene rings is 1. The van der Waals surface area contributed by atoms with E-state index in [1.165, 1.54) is 10.1 Å². The molecular weight excluding hydrogens is 226 g/mol. The Morgan fingerprint density at radius 3 is 2.93 bits per heavy atom. The van der Waals surface area contributed by atoms with E-state index < -0.39 is 0 Å². The van der Waals surface area contributed by atoms with Crippen LogP contribution in [0.3, 0.4) is 0 Å². The summed E-state index contributed by atoms with van der Waals surface area (Å²) in [6.07, 6.45) is 2.92. The molecule has 0 amide bonds. The number of pyridine rings is 1. The van der Waals surface area contributed by atoms with Crippen LogP contribution in [-0.4, -0.2) is 10.4 Å². The molecule has 2 rings (SSSR count). The van der Waals surface area contributed by atoms with Gasteiger partial charge in [-0.2, -0.15) is 0 Å². The molecule has 0 aliphatic rings. The monoisotopic (exact) mass is 239 g/mol. The zero-order chi connectivity index (χ0) is 10.8. The predicted octanol–water partition coefficient (Wildman–Crippen LogP) is 4.42. The molecule has 1 nitrogen and oxygen atoms in total. The van der Waals surface area contributed by atoms with Gasteiger partial charge in [0.15, 0.2) is 0 Å². The van der Waals surface area contributed by atoms with Crippen LogP contribution in [0.25, 0.3) is 10.1 Å². The van der Waals surface area contributed by atoms with E-state index in [1.807, 2.05) is 13.1 Å². The van der Waals surface area contributed by atoms with Crippen LogP contribution >= 0.6 is 22.9 Å². The largest absolute Gasteiger partial charge is 0.260 e. The molecule has 80 valence electrons. The summed E-state index contributed by atoms with van der Waals surface area (Å²) in [4.78, 5) is 4.49. The highest BCUT2D eigenvalue weighted by Crippen LogP contribution is 2.32. The Labute approximate surface area is 99.1 Å². The number of nitrogens with zero attached hydrogens (tertiary/aromatic N) is 1. The molecular formula is C12H14ClNS. The number of alkyl halides is 1. The van der Waals surface area contributed by atoms with Crippen LogP contribution in [0.1, 0.15) is 31.9 Å². The van der Waals surface area contributed by atoms with Crippen molar-refractivity contribution in [3.05, 3.63) is 29.4 Å². The van der Waals surface area contributed by atoms with E-state index in [4.69, 9.17) is 11.6 Å². The van der Waals surface area contributed by atoms with E-state index in [0.29, 0.717) is 5.92 Å². The van der Waals surface area contributed by atoms with Gasteiger partial charge in [-0.1, -0.05) is 6.92 Å². The van der Waals surface area contributed by atoms with Crippen LogP contribution in [0.2, 0.25) is 0 Å². The van der Waals surface area contributed by atoms with Crippen molar-refractivity contribution < 1.29 is 0 Å². The molecule has 0 N–H and O–H groups in total. The quantitative estimate of drug-likeness (QED) is 0.723. The Hall–Kier alpha value is -0.600. The molecule has 0 radical (unpaired) electrons. The lowest BCUT2D eigenvalue weighted by Gasteiger charge is -2.17. The van der Waals surface area contributed by atoms with Crippen LogP contribution in [-0.2, 0) is 0 Å². The summed E-state index contributed by atoms with van der Waals surface area (Å²) in [5, 5.41) is 3.51. The Balaban J connectivity index is 2.54. The maximum absolute atomic E-state index is 6.21. The van der Waals surface area contributed by atoms with Crippen LogP contribution in [0.15, 0.2) is 23.7 Å². The van der Waals surface area contributed by atoms with Crippen molar-refractivity contribution in [2.45, 2.75) is 31.6 Å². The lowest BCUT2D eigenvalue weighted by atomic mass is 9.96. The molecule has 2 unspecified atom stereocenters. The molecule has 2 aromatic heterocycles. The zero-order valence-electron chi connectivity index (χ0n) is 8.90. The minimum Gasteiger partial charge on any atom is -0.260 e. The van der Waals surface area contributed by atoms with Crippen molar-refractivity contribution in [2.24, 2.45) is 0 Å². The topological polar surface area (TPSA) is 12.9 Å². The molecule has 2 aromatic rings. The molecule has 0 fully saturated rings. The smallest absolute Gasteiger partial charge is 0.0535 e. The Kier molecular flexibility index (Phi) is 3.27. The number of rotatable bonds is 3.